The van der Waals surface area contributed by atoms with Crippen LogP contribution in [0.4, 0.5) is 0 Å². The molecule has 1 aliphatic rings. The van der Waals surface area contributed by atoms with Gasteiger partial charge < -0.3 is 4.74 Å². The molecule has 1 aliphatic carbocycles. The minimum absolute atomic E-state index is 0.411. The third-order valence-corrected chi connectivity index (χ3v) is 8.63. The van der Waals surface area contributed by atoms with E-state index < -0.39 is 11.4 Å². The first-order valence-electron chi connectivity index (χ1n) is 16.1. The summed E-state index contributed by atoms with van der Waals surface area (Å²) in [5.74, 6) is 1.35. The van der Waals surface area contributed by atoms with Crippen molar-refractivity contribution in [2.75, 3.05) is 0 Å². The van der Waals surface area contributed by atoms with E-state index in [0.29, 0.717) is 30.3 Å². The van der Waals surface area contributed by atoms with Crippen LogP contribution in [0.1, 0.15) is 135 Å². The van der Waals surface area contributed by atoms with E-state index in [2.05, 4.69) is 29.9 Å². The van der Waals surface area contributed by atoms with Crippen LogP contribution in [-0.2, 0) is 11.2 Å². The molecule has 1 fully saturated rings. The number of hydrogen-bond donors (Lipinski definition) is 0. The zero-order chi connectivity index (χ0) is 28.5. The molecule has 1 saturated carbocycles. The minimum Gasteiger partial charge on any atom is -0.425 e. The summed E-state index contributed by atoms with van der Waals surface area (Å²) in [7, 11) is 0. The van der Waals surface area contributed by atoms with Gasteiger partial charge in [0.25, 0.3) is 0 Å². The number of carbonyl (C=O) groups excluding carboxylic acids is 1. The number of aryl methyl sites for hydroxylation is 1. The van der Waals surface area contributed by atoms with Crippen molar-refractivity contribution in [3.8, 4) is 23.2 Å². The van der Waals surface area contributed by atoms with Crippen LogP contribution in [0, 0.1) is 22.7 Å². The summed E-state index contributed by atoms with van der Waals surface area (Å²) in [4.78, 5) is 22.2. The van der Waals surface area contributed by atoms with E-state index in [-0.39, 0.29) is 0 Å². The zero-order valence-corrected chi connectivity index (χ0v) is 25.1. The molecule has 0 radical (unpaired) electrons. The summed E-state index contributed by atoms with van der Waals surface area (Å²) in [6.45, 7) is 4.50. The van der Waals surface area contributed by atoms with Gasteiger partial charge in [0.1, 0.15) is 5.75 Å². The van der Waals surface area contributed by atoms with Crippen LogP contribution in [0.15, 0.2) is 36.7 Å². The lowest BCUT2D eigenvalue weighted by atomic mass is 9.70. The number of carbonyl (C=O) groups is 1. The molecule has 0 bridgehead atoms. The topological polar surface area (TPSA) is 75.9 Å². The maximum absolute atomic E-state index is 13.1. The number of rotatable bonds is 18. The van der Waals surface area contributed by atoms with Gasteiger partial charge in [0.2, 0.25) is 0 Å². The summed E-state index contributed by atoms with van der Waals surface area (Å²) in [6, 6.07) is 9.63. The first kappa shape index (κ1) is 31.8. The molecular formula is C35H51N3O2. The highest BCUT2D eigenvalue weighted by molar-refractivity contribution is 5.82. The third-order valence-electron chi connectivity index (χ3n) is 8.63. The summed E-state index contributed by atoms with van der Waals surface area (Å²) in [5.41, 5.74) is 1.03. The molecule has 1 aromatic carbocycles. The fourth-order valence-corrected chi connectivity index (χ4v) is 5.83. The highest BCUT2D eigenvalue weighted by Crippen LogP contribution is 2.41. The van der Waals surface area contributed by atoms with Crippen molar-refractivity contribution < 1.29 is 9.53 Å². The molecule has 0 N–H and O–H groups in total. The number of hydrogen-bond acceptors (Lipinski definition) is 5. The molecule has 0 spiro atoms. The van der Waals surface area contributed by atoms with Crippen molar-refractivity contribution in [2.45, 2.75) is 136 Å². The Bertz CT molecular complexity index is 1020. The van der Waals surface area contributed by atoms with Crippen LogP contribution in [0.25, 0.3) is 11.4 Å². The monoisotopic (exact) mass is 545 g/mol. The maximum atomic E-state index is 13.1. The molecule has 0 saturated heterocycles. The molecule has 3 rings (SSSR count). The molecule has 0 amide bonds. The van der Waals surface area contributed by atoms with E-state index in [1.54, 1.807) is 12.1 Å². The average molecular weight is 546 g/mol. The molecular weight excluding hydrogens is 494 g/mol. The number of unbranched alkanes of at least 4 members (excludes halogenated alkanes) is 11. The maximum Gasteiger partial charge on any atom is 0.331 e. The Balaban J connectivity index is 1.42. The van der Waals surface area contributed by atoms with Gasteiger partial charge in [0.15, 0.2) is 11.2 Å². The minimum atomic E-state index is -1.02. The second kappa shape index (κ2) is 17.8. The molecule has 40 heavy (non-hydrogen) atoms. The fourth-order valence-electron chi connectivity index (χ4n) is 5.83. The van der Waals surface area contributed by atoms with E-state index in [1.165, 1.54) is 95.5 Å². The van der Waals surface area contributed by atoms with Crippen LogP contribution in [0.3, 0.4) is 0 Å². The van der Waals surface area contributed by atoms with Crippen molar-refractivity contribution >= 4 is 5.97 Å². The number of ether oxygens (including phenoxy) is 1. The Morgan fingerprint density at radius 3 is 1.98 bits per heavy atom. The van der Waals surface area contributed by atoms with Crippen molar-refractivity contribution in [1.82, 2.24) is 9.97 Å². The standard InChI is InChI=1S/C35H51N3O2/c1-3-5-7-9-10-11-13-15-17-30-26-37-33(38-27-30)31-18-20-32(21-19-31)40-34(39)35(28-36)24-22-29(23-25-35)16-14-12-8-6-4-2/h18-21,26-27,29H,3-17,22-25H2,1-2H3. The van der Waals surface area contributed by atoms with E-state index in [9.17, 15) is 10.1 Å². The number of benzene rings is 1. The molecule has 0 aliphatic heterocycles. The highest BCUT2D eigenvalue weighted by atomic mass is 16.5. The second-order valence-corrected chi connectivity index (χ2v) is 11.9. The predicted octanol–water partition coefficient (Wildman–Crippen LogP) is 9.79. The van der Waals surface area contributed by atoms with E-state index in [4.69, 9.17) is 4.74 Å². The Morgan fingerprint density at radius 2 is 1.40 bits per heavy atom. The Kier molecular flexibility index (Phi) is 14.2. The van der Waals surface area contributed by atoms with Gasteiger partial charge in [-0.1, -0.05) is 97.3 Å². The normalized spacial score (nSPS) is 18.8. The lowest BCUT2D eigenvalue weighted by molar-refractivity contribution is -0.144. The largest absolute Gasteiger partial charge is 0.425 e. The molecule has 5 heteroatoms. The summed E-state index contributed by atoms with van der Waals surface area (Å²) in [6.07, 6.45) is 26.1. The van der Waals surface area contributed by atoms with Gasteiger partial charge in [-0.2, -0.15) is 5.26 Å². The van der Waals surface area contributed by atoms with Gasteiger partial charge in [0, 0.05) is 18.0 Å². The molecule has 1 aromatic heterocycles. The fraction of sp³-hybridized carbons (Fsp3) is 0.657. The predicted molar refractivity (Wildman–Crippen MR) is 163 cm³/mol. The first-order chi connectivity index (χ1) is 19.6. The van der Waals surface area contributed by atoms with Crippen molar-refractivity contribution in [3.63, 3.8) is 0 Å². The van der Waals surface area contributed by atoms with E-state index in [0.717, 1.165) is 24.8 Å². The van der Waals surface area contributed by atoms with Crippen molar-refractivity contribution in [1.29, 1.82) is 5.26 Å². The number of aromatic nitrogens is 2. The Labute approximate surface area is 243 Å². The Morgan fingerprint density at radius 1 is 0.850 bits per heavy atom. The SMILES string of the molecule is CCCCCCCCCCc1cnc(-c2ccc(OC(=O)C3(C#N)CCC(CCCCCCC)CC3)cc2)nc1. The van der Waals surface area contributed by atoms with E-state index >= 15 is 0 Å². The van der Waals surface area contributed by atoms with Crippen LogP contribution >= 0.6 is 0 Å². The highest BCUT2D eigenvalue weighted by Gasteiger charge is 2.43. The molecule has 2 aromatic rings. The second-order valence-electron chi connectivity index (χ2n) is 11.9. The van der Waals surface area contributed by atoms with E-state index in [1.807, 2.05) is 24.5 Å². The van der Waals surface area contributed by atoms with Crippen molar-refractivity contribution in [2.24, 2.45) is 11.3 Å². The van der Waals surface area contributed by atoms with Gasteiger partial charge in [-0.05, 0) is 74.3 Å². The molecule has 5 nitrogen and oxygen atoms in total. The Hall–Kier alpha value is -2.74. The smallest absolute Gasteiger partial charge is 0.331 e. The number of nitrogens with zero attached hydrogens (tertiary/aromatic N) is 3. The molecule has 0 atom stereocenters. The van der Waals surface area contributed by atoms with Gasteiger partial charge in [-0.3, -0.25) is 0 Å². The quantitative estimate of drug-likeness (QED) is 0.106. The molecule has 0 unspecified atom stereocenters. The van der Waals surface area contributed by atoms with Crippen LogP contribution < -0.4 is 4.74 Å². The van der Waals surface area contributed by atoms with Gasteiger partial charge in [0.05, 0.1) is 6.07 Å². The third kappa shape index (κ3) is 10.3. The summed E-state index contributed by atoms with van der Waals surface area (Å²) < 4.78 is 5.71. The lowest BCUT2D eigenvalue weighted by Crippen LogP contribution is -2.37. The van der Waals surface area contributed by atoms with Gasteiger partial charge in [-0.15, -0.1) is 0 Å². The number of nitriles is 1. The van der Waals surface area contributed by atoms with Crippen LogP contribution in [0.2, 0.25) is 0 Å². The summed E-state index contributed by atoms with van der Waals surface area (Å²) in [5, 5.41) is 9.92. The average Bonchev–Trinajstić information content (AvgIpc) is 2.99. The summed E-state index contributed by atoms with van der Waals surface area (Å²) >= 11 is 0. The van der Waals surface area contributed by atoms with Crippen LogP contribution in [-0.4, -0.2) is 15.9 Å². The van der Waals surface area contributed by atoms with Crippen LogP contribution in [0.5, 0.6) is 5.75 Å². The zero-order valence-electron chi connectivity index (χ0n) is 25.1. The molecule has 218 valence electrons. The van der Waals surface area contributed by atoms with Gasteiger partial charge >= 0.3 is 5.97 Å². The first-order valence-corrected chi connectivity index (χ1v) is 16.1. The van der Waals surface area contributed by atoms with Crippen molar-refractivity contribution in [3.05, 3.63) is 42.2 Å². The van der Waals surface area contributed by atoms with Gasteiger partial charge in [-0.25, -0.2) is 14.8 Å². The molecule has 1 heterocycles. The lowest BCUT2D eigenvalue weighted by Gasteiger charge is -2.33. The number of esters is 1.